The quantitative estimate of drug-likeness (QED) is 0.634. The zero-order valence-electron chi connectivity index (χ0n) is 10.2. The smallest absolute Gasteiger partial charge is 0.268 e. The van der Waals surface area contributed by atoms with Crippen LogP contribution in [0.2, 0.25) is 0 Å². The van der Waals surface area contributed by atoms with Crippen molar-refractivity contribution in [3.63, 3.8) is 0 Å². The fraction of sp³-hybridized carbons (Fsp3) is 0.417. The minimum atomic E-state index is -3.76. The van der Waals surface area contributed by atoms with Crippen LogP contribution in [0.3, 0.4) is 0 Å². The minimum absolute atomic E-state index is 0.0750. The summed E-state index contributed by atoms with van der Waals surface area (Å²) in [6.07, 6.45) is 0.838. The van der Waals surface area contributed by atoms with Crippen molar-refractivity contribution in [2.75, 3.05) is 6.00 Å². The number of carbonyl (C=O) groups excluding carboxylic acids is 1. The molecule has 0 fully saturated rings. The Morgan fingerprint density at radius 2 is 2.06 bits per heavy atom. The van der Waals surface area contributed by atoms with Gasteiger partial charge < -0.3 is 0 Å². The Labute approximate surface area is 112 Å². The number of carbonyl (C=O) groups is 1. The van der Waals surface area contributed by atoms with Crippen LogP contribution in [0.15, 0.2) is 23.1 Å². The summed E-state index contributed by atoms with van der Waals surface area (Å²) < 4.78 is 24.9. The number of rotatable bonds is 3. The molecular weight excluding hydrogens is 274 g/mol. The predicted molar refractivity (Wildman–Crippen MR) is 69.2 cm³/mol. The Bertz CT molecular complexity index is 597. The number of fused-ring (bicyclic) bond motifs is 1. The van der Waals surface area contributed by atoms with Crippen LogP contribution in [0, 0.1) is 0 Å². The van der Waals surface area contributed by atoms with Gasteiger partial charge in [-0.2, -0.15) is 0 Å². The van der Waals surface area contributed by atoms with Gasteiger partial charge in [0, 0.05) is 0 Å². The molecule has 0 bridgehead atoms. The van der Waals surface area contributed by atoms with E-state index in [1.807, 2.05) is 13.8 Å². The summed E-state index contributed by atoms with van der Waals surface area (Å²) in [6.45, 7) is 3.97. The molecule has 1 aromatic carbocycles. The Hall–Kier alpha value is -1.07. The second-order valence-corrected chi connectivity index (χ2v) is 6.38. The summed E-state index contributed by atoms with van der Waals surface area (Å²) >= 11 is 5.57. The van der Waals surface area contributed by atoms with Crippen molar-refractivity contribution in [2.45, 2.75) is 31.1 Å². The lowest BCUT2D eigenvalue weighted by atomic mass is 9.93. The van der Waals surface area contributed by atoms with Crippen LogP contribution < -0.4 is 0 Å². The largest absolute Gasteiger partial charge is 0.270 e. The maximum atomic E-state index is 12.1. The molecule has 1 unspecified atom stereocenters. The average Bonchev–Trinajstić information content (AvgIpc) is 2.56. The number of hydrogen-bond acceptors (Lipinski definition) is 3. The molecule has 0 aromatic heterocycles. The summed E-state index contributed by atoms with van der Waals surface area (Å²) in [4.78, 5) is 12.2. The standard InChI is InChI=1S/C12H14ClNO3S/c1-3-8(2)9-5-4-6-10-11(9)12(15)14(7-13)18(10,16)17/h4-6,8H,3,7H2,1-2H3. The molecule has 1 aliphatic heterocycles. The van der Waals surface area contributed by atoms with Crippen molar-refractivity contribution in [2.24, 2.45) is 0 Å². The first kappa shape index (κ1) is 13.4. The van der Waals surface area contributed by atoms with Crippen molar-refractivity contribution in [3.8, 4) is 0 Å². The van der Waals surface area contributed by atoms with Gasteiger partial charge in [-0.15, -0.1) is 11.6 Å². The molecule has 1 aromatic rings. The van der Waals surface area contributed by atoms with Crippen LogP contribution in [0.1, 0.15) is 42.1 Å². The molecule has 0 N–H and O–H groups in total. The second kappa shape index (κ2) is 4.55. The highest BCUT2D eigenvalue weighted by molar-refractivity contribution is 7.90. The summed E-state index contributed by atoms with van der Waals surface area (Å²) in [5.41, 5.74) is 1.06. The Morgan fingerprint density at radius 3 is 2.61 bits per heavy atom. The SMILES string of the molecule is CCC(C)c1cccc2c1C(=O)N(CCl)S2(=O)=O. The lowest BCUT2D eigenvalue weighted by Crippen LogP contribution is -2.28. The summed E-state index contributed by atoms with van der Waals surface area (Å²) in [6, 6.07) is 4.58. The van der Waals surface area contributed by atoms with Crippen LogP contribution in [0.5, 0.6) is 0 Å². The first-order valence-corrected chi connectivity index (χ1v) is 7.68. The van der Waals surface area contributed by atoms with Crippen LogP contribution in [0.25, 0.3) is 0 Å². The van der Waals surface area contributed by atoms with Gasteiger partial charge in [0.1, 0.15) is 10.9 Å². The Balaban J connectivity index is 2.72. The Morgan fingerprint density at radius 1 is 1.39 bits per heavy atom. The van der Waals surface area contributed by atoms with E-state index in [4.69, 9.17) is 11.6 Å². The van der Waals surface area contributed by atoms with Crippen LogP contribution >= 0.6 is 11.6 Å². The van der Waals surface area contributed by atoms with E-state index in [2.05, 4.69) is 0 Å². The predicted octanol–water partition coefficient (Wildman–Crippen LogP) is 2.54. The number of sulfonamides is 1. The molecule has 1 amide bonds. The van der Waals surface area contributed by atoms with Gasteiger partial charge in [0.05, 0.1) is 5.56 Å². The summed E-state index contributed by atoms with van der Waals surface area (Å²) in [5.74, 6) is -0.384. The molecule has 0 aliphatic carbocycles. The lowest BCUT2D eigenvalue weighted by molar-refractivity contribution is 0.0884. The third-order valence-corrected chi connectivity index (χ3v) is 5.47. The van der Waals surface area contributed by atoms with Crippen molar-refractivity contribution in [1.29, 1.82) is 0 Å². The topological polar surface area (TPSA) is 54.5 Å². The van der Waals surface area contributed by atoms with Crippen LogP contribution in [-0.4, -0.2) is 24.6 Å². The number of nitrogens with zero attached hydrogens (tertiary/aromatic N) is 1. The van der Waals surface area contributed by atoms with Crippen molar-refractivity contribution < 1.29 is 13.2 Å². The molecular formula is C12H14ClNO3S. The lowest BCUT2D eigenvalue weighted by Gasteiger charge is -2.12. The maximum Gasteiger partial charge on any atom is 0.270 e. The first-order valence-electron chi connectivity index (χ1n) is 5.71. The average molecular weight is 288 g/mol. The molecule has 98 valence electrons. The molecule has 4 nitrogen and oxygen atoms in total. The number of hydrogen-bond donors (Lipinski definition) is 0. The van der Waals surface area contributed by atoms with E-state index in [9.17, 15) is 13.2 Å². The molecule has 18 heavy (non-hydrogen) atoms. The van der Waals surface area contributed by atoms with E-state index in [-0.39, 0.29) is 22.4 Å². The summed E-state index contributed by atoms with van der Waals surface area (Å²) in [7, 11) is -3.76. The van der Waals surface area contributed by atoms with Crippen LogP contribution in [-0.2, 0) is 10.0 Å². The number of alkyl halides is 1. The van der Waals surface area contributed by atoms with Crippen molar-refractivity contribution >= 4 is 27.5 Å². The monoisotopic (exact) mass is 287 g/mol. The van der Waals surface area contributed by atoms with Gasteiger partial charge in [-0.3, -0.25) is 4.79 Å². The van der Waals surface area contributed by atoms with Gasteiger partial charge in [0.15, 0.2) is 0 Å². The molecule has 1 atom stereocenters. The van der Waals surface area contributed by atoms with Gasteiger partial charge in [0.25, 0.3) is 15.9 Å². The van der Waals surface area contributed by atoms with E-state index in [0.717, 1.165) is 12.0 Å². The molecule has 2 rings (SSSR count). The van der Waals surface area contributed by atoms with Gasteiger partial charge in [-0.05, 0) is 24.0 Å². The van der Waals surface area contributed by atoms with Gasteiger partial charge in [-0.25, -0.2) is 12.7 Å². The zero-order chi connectivity index (χ0) is 13.5. The molecule has 0 spiro atoms. The van der Waals surface area contributed by atoms with E-state index in [1.54, 1.807) is 12.1 Å². The summed E-state index contributed by atoms with van der Waals surface area (Å²) in [5, 5.41) is 0. The normalized spacial score (nSPS) is 18.8. The third kappa shape index (κ3) is 1.73. The van der Waals surface area contributed by atoms with E-state index in [0.29, 0.717) is 4.31 Å². The fourth-order valence-corrected chi connectivity index (χ4v) is 3.98. The van der Waals surface area contributed by atoms with Gasteiger partial charge >= 0.3 is 0 Å². The zero-order valence-corrected chi connectivity index (χ0v) is 11.8. The first-order chi connectivity index (χ1) is 8.45. The highest BCUT2D eigenvalue weighted by Gasteiger charge is 2.42. The fourth-order valence-electron chi connectivity index (χ4n) is 2.09. The Kier molecular flexibility index (Phi) is 3.38. The van der Waals surface area contributed by atoms with E-state index >= 15 is 0 Å². The highest BCUT2D eigenvalue weighted by atomic mass is 35.5. The number of amides is 1. The van der Waals surface area contributed by atoms with Crippen molar-refractivity contribution in [3.05, 3.63) is 29.3 Å². The second-order valence-electron chi connectivity index (χ2n) is 4.31. The molecule has 1 aliphatic rings. The maximum absolute atomic E-state index is 12.1. The number of halogens is 1. The number of benzene rings is 1. The van der Waals surface area contributed by atoms with Gasteiger partial charge in [0.2, 0.25) is 0 Å². The van der Waals surface area contributed by atoms with E-state index < -0.39 is 15.9 Å². The molecule has 6 heteroatoms. The highest BCUT2D eigenvalue weighted by Crippen LogP contribution is 2.36. The van der Waals surface area contributed by atoms with Crippen molar-refractivity contribution in [1.82, 2.24) is 4.31 Å². The molecule has 1 heterocycles. The van der Waals surface area contributed by atoms with Gasteiger partial charge in [-0.1, -0.05) is 26.0 Å². The van der Waals surface area contributed by atoms with E-state index in [1.165, 1.54) is 6.07 Å². The van der Waals surface area contributed by atoms with Crippen LogP contribution in [0.4, 0.5) is 0 Å². The molecule has 0 saturated heterocycles. The minimum Gasteiger partial charge on any atom is -0.268 e. The molecule has 0 saturated carbocycles. The molecule has 0 radical (unpaired) electrons. The third-order valence-electron chi connectivity index (χ3n) is 3.32.